The second kappa shape index (κ2) is 5.79. The first kappa shape index (κ1) is 13.5. The number of hydrogen-bond acceptors (Lipinski definition) is 5. The van der Waals surface area contributed by atoms with Gasteiger partial charge in [-0.05, 0) is 13.0 Å². The maximum absolute atomic E-state index is 12.4. The predicted molar refractivity (Wildman–Crippen MR) is 76.4 cm³/mol. The van der Waals surface area contributed by atoms with Crippen molar-refractivity contribution in [1.82, 2.24) is 14.9 Å². The lowest BCUT2D eigenvalue weighted by molar-refractivity contribution is 0.0787. The van der Waals surface area contributed by atoms with E-state index in [2.05, 4.69) is 15.3 Å². The minimum atomic E-state index is -0.0507. The summed E-state index contributed by atoms with van der Waals surface area (Å²) in [6.45, 7) is 2.51. The summed E-state index contributed by atoms with van der Waals surface area (Å²) in [6, 6.07) is 1.79. The maximum atomic E-state index is 12.4. The van der Waals surface area contributed by atoms with Gasteiger partial charge < -0.3 is 10.2 Å². The molecule has 0 aliphatic rings. The van der Waals surface area contributed by atoms with Crippen LogP contribution in [0, 0.1) is 6.92 Å². The van der Waals surface area contributed by atoms with Crippen LogP contribution in [0.1, 0.15) is 20.9 Å². The fourth-order valence-electron chi connectivity index (χ4n) is 1.75. The van der Waals surface area contributed by atoms with Crippen molar-refractivity contribution in [2.24, 2.45) is 0 Å². The molecule has 19 heavy (non-hydrogen) atoms. The first-order chi connectivity index (χ1) is 9.13. The Labute approximate surface area is 116 Å². The topological polar surface area (TPSA) is 58.1 Å². The molecule has 1 N–H and O–H groups in total. The number of hydrogen-bond donors (Lipinski definition) is 1. The number of nitrogens with one attached hydrogen (secondary N) is 1. The van der Waals surface area contributed by atoms with Gasteiger partial charge in [-0.3, -0.25) is 9.78 Å². The summed E-state index contributed by atoms with van der Waals surface area (Å²) >= 11 is 1.56. The maximum Gasteiger partial charge on any atom is 0.257 e. The zero-order valence-corrected chi connectivity index (χ0v) is 12.0. The second-order valence-electron chi connectivity index (χ2n) is 4.19. The van der Waals surface area contributed by atoms with Crippen molar-refractivity contribution in [2.75, 3.05) is 19.4 Å². The summed E-state index contributed by atoms with van der Waals surface area (Å²) in [5, 5.41) is 3.00. The van der Waals surface area contributed by atoms with Gasteiger partial charge in [-0.15, -0.1) is 11.3 Å². The highest BCUT2D eigenvalue weighted by Gasteiger charge is 2.17. The molecule has 0 saturated carbocycles. The van der Waals surface area contributed by atoms with E-state index in [0.29, 0.717) is 12.1 Å². The van der Waals surface area contributed by atoms with E-state index in [1.54, 1.807) is 54.3 Å². The third-order valence-electron chi connectivity index (χ3n) is 2.89. The summed E-state index contributed by atoms with van der Waals surface area (Å²) < 4.78 is 0. The first-order valence-electron chi connectivity index (χ1n) is 5.89. The normalized spacial score (nSPS) is 10.3. The third kappa shape index (κ3) is 2.90. The van der Waals surface area contributed by atoms with E-state index in [1.165, 1.54) is 0 Å². The first-order valence-corrected chi connectivity index (χ1v) is 6.77. The standard InChI is InChI=1S/C13H16N4OS/c1-9-12(19-8-16-9)7-17(3)13(18)10-6-15-5-4-11(10)14-2/h4-6,8H,7H2,1-3H3,(H,14,15). The van der Waals surface area contributed by atoms with Crippen molar-refractivity contribution >= 4 is 22.9 Å². The number of amides is 1. The van der Waals surface area contributed by atoms with Gasteiger partial charge in [0.1, 0.15) is 0 Å². The average molecular weight is 276 g/mol. The lowest BCUT2D eigenvalue weighted by Gasteiger charge is -2.18. The summed E-state index contributed by atoms with van der Waals surface area (Å²) in [7, 11) is 3.58. The van der Waals surface area contributed by atoms with Crippen LogP contribution in [0.25, 0.3) is 0 Å². The largest absolute Gasteiger partial charge is 0.387 e. The number of nitrogens with zero attached hydrogens (tertiary/aromatic N) is 3. The molecule has 0 aliphatic carbocycles. The third-order valence-corrected chi connectivity index (χ3v) is 3.81. The van der Waals surface area contributed by atoms with Crippen molar-refractivity contribution in [1.29, 1.82) is 0 Å². The molecular weight excluding hydrogens is 260 g/mol. The molecule has 1 amide bonds. The van der Waals surface area contributed by atoms with Crippen LogP contribution in [0.15, 0.2) is 24.0 Å². The Morgan fingerprint density at radius 1 is 1.53 bits per heavy atom. The quantitative estimate of drug-likeness (QED) is 0.929. The molecule has 100 valence electrons. The Morgan fingerprint density at radius 2 is 2.32 bits per heavy atom. The second-order valence-corrected chi connectivity index (χ2v) is 5.13. The van der Waals surface area contributed by atoms with E-state index in [4.69, 9.17) is 0 Å². The molecule has 6 heteroatoms. The Bertz CT molecular complexity index is 582. The monoisotopic (exact) mass is 276 g/mol. The van der Waals surface area contributed by atoms with Gasteiger partial charge in [-0.25, -0.2) is 4.98 Å². The molecule has 0 spiro atoms. The number of thiazole rings is 1. The molecule has 2 aromatic heterocycles. The number of aromatic nitrogens is 2. The van der Waals surface area contributed by atoms with Crippen molar-refractivity contribution in [2.45, 2.75) is 13.5 Å². The van der Waals surface area contributed by atoms with Crippen molar-refractivity contribution in [3.05, 3.63) is 40.1 Å². The van der Waals surface area contributed by atoms with E-state index in [0.717, 1.165) is 16.3 Å². The molecule has 0 aromatic carbocycles. The van der Waals surface area contributed by atoms with Crippen molar-refractivity contribution in [3.8, 4) is 0 Å². The van der Waals surface area contributed by atoms with Gasteiger partial charge in [0.25, 0.3) is 5.91 Å². The lowest BCUT2D eigenvalue weighted by atomic mass is 10.2. The van der Waals surface area contributed by atoms with Gasteiger partial charge in [0.2, 0.25) is 0 Å². The van der Waals surface area contributed by atoms with Crippen LogP contribution in [-0.2, 0) is 6.54 Å². The Morgan fingerprint density at radius 3 is 2.95 bits per heavy atom. The molecule has 0 aliphatic heterocycles. The van der Waals surface area contributed by atoms with Gasteiger partial charge in [0.15, 0.2) is 0 Å². The highest BCUT2D eigenvalue weighted by Crippen LogP contribution is 2.18. The van der Waals surface area contributed by atoms with Gasteiger partial charge in [0.05, 0.1) is 23.3 Å². The number of rotatable bonds is 4. The lowest BCUT2D eigenvalue weighted by Crippen LogP contribution is -2.27. The Balaban J connectivity index is 2.17. The summed E-state index contributed by atoms with van der Waals surface area (Å²) in [4.78, 5) is 23.4. The van der Waals surface area contributed by atoms with Crippen molar-refractivity contribution < 1.29 is 4.79 Å². The fraction of sp³-hybridized carbons (Fsp3) is 0.308. The molecule has 0 saturated heterocycles. The minimum Gasteiger partial charge on any atom is -0.387 e. The zero-order valence-electron chi connectivity index (χ0n) is 11.2. The van der Waals surface area contributed by atoms with E-state index < -0.39 is 0 Å². The van der Waals surface area contributed by atoms with Gasteiger partial charge in [-0.1, -0.05) is 0 Å². The fourth-order valence-corrected chi connectivity index (χ4v) is 2.58. The van der Waals surface area contributed by atoms with E-state index in [1.807, 2.05) is 6.92 Å². The van der Waals surface area contributed by atoms with Gasteiger partial charge in [-0.2, -0.15) is 0 Å². The molecule has 0 fully saturated rings. The summed E-state index contributed by atoms with van der Waals surface area (Å²) in [6.07, 6.45) is 3.25. The zero-order chi connectivity index (χ0) is 13.8. The number of anilines is 1. The van der Waals surface area contributed by atoms with Crippen LogP contribution in [0.5, 0.6) is 0 Å². The average Bonchev–Trinajstić information content (AvgIpc) is 2.83. The van der Waals surface area contributed by atoms with E-state index >= 15 is 0 Å². The van der Waals surface area contributed by atoms with Crippen LogP contribution in [-0.4, -0.2) is 34.9 Å². The van der Waals surface area contributed by atoms with Crippen LogP contribution in [0.4, 0.5) is 5.69 Å². The van der Waals surface area contributed by atoms with Crippen LogP contribution >= 0.6 is 11.3 Å². The highest BCUT2D eigenvalue weighted by molar-refractivity contribution is 7.09. The summed E-state index contributed by atoms with van der Waals surface area (Å²) in [5.74, 6) is -0.0507. The number of pyridine rings is 1. The number of aryl methyl sites for hydroxylation is 1. The smallest absolute Gasteiger partial charge is 0.257 e. The van der Waals surface area contributed by atoms with E-state index in [9.17, 15) is 4.79 Å². The van der Waals surface area contributed by atoms with E-state index in [-0.39, 0.29) is 5.91 Å². The predicted octanol–water partition coefficient (Wildman–Crippen LogP) is 2.16. The summed E-state index contributed by atoms with van der Waals surface area (Å²) in [5.41, 5.74) is 4.14. The molecule has 0 atom stereocenters. The number of carbonyl (C=O) groups is 1. The van der Waals surface area contributed by atoms with Crippen LogP contribution in [0.2, 0.25) is 0 Å². The van der Waals surface area contributed by atoms with Gasteiger partial charge >= 0.3 is 0 Å². The van der Waals surface area contributed by atoms with Gasteiger partial charge in [0, 0.05) is 37.1 Å². The minimum absolute atomic E-state index is 0.0507. The Hall–Kier alpha value is -1.95. The number of carbonyl (C=O) groups excluding carboxylic acids is 1. The SMILES string of the molecule is CNc1ccncc1C(=O)N(C)Cc1scnc1C. The molecule has 0 bridgehead atoms. The molecule has 0 radical (unpaired) electrons. The van der Waals surface area contributed by atoms with Crippen molar-refractivity contribution in [3.63, 3.8) is 0 Å². The van der Waals surface area contributed by atoms with Crippen LogP contribution < -0.4 is 5.32 Å². The molecule has 5 nitrogen and oxygen atoms in total. The molecule has 2 aromatic rings. The molecule has 2 heterocycles. The molecule has 0 unspecified atom stereocenters. The van der Waals surface area contributed by atoms with Crippen LogP contribution in [0.3, 0.4) is 0 Å². The molecular formula is C13H16N4OS. The highest BCUT2D eigenvalue weighted by atomic mass is 32.1. The Kier molecular flexibility index (Phi) is 4.11. The molecule has 2 rings (SSSR count).